The highest BCUT2D eigenvalue weighted by Crippen LogP contribution is 2.18. The van der Waals surface area contributed by atoms with Crippen LogP contribution in [0.1, 0.15) is 16.8 Å². The molecule has 1 aromatic heterocycles. The number of anilines is 1. The second-order valence-electron chi connectivity index (χ2n) is 5.46. The molecule has 26 heavy (non-hydrogen) atoms. The van der Waals surface area contributed by atoms with Crippen molar-refractivity contribution in [2.75, 3.05) is 11.9 Å². The topological polar surface area (TPSA) is 128 Å². The number of nitrogens with one attached hydrogen (secondary N) is 3. The number of fused-ring (bicyclic) bond motifs is 1. The van der Waals surface area contributed by atoms with Crippen molar-refractivity contribution >= 4 is 32.5 Å². The zero-order chi connectivity index (χ0) is 18.6. The number of carbonyl (C=O) groups excluding carboxylic acids is 1. The number of hydrogen-bond acceptors (Lipinski definition) is 5. The van der Waals surface area contributed by atoms with Gasteiger partial charge in [0.1, 0.15) is 0 Å². The highest BCUT2D eigenvalue weighted by Gasteiger charge is 2.14. The summed E-state index contributed by atoms with van der Waals surface area (Å²) >= 11 is 0. The molecular weight excluding hydrogens is 354 g/mol. The molecule has 1 amide bonds. The van der Waals surface area contributed by atoms with Crippen LogP contribution >= 0.6 is 0 Å². The number of hydrogen-bond donors (Lipinski definition) is 3. The Morgan fingerprint density at radius 3 is 2.69 bits per heavy atom. The van der Waals surface area contributed by atoms with Crippen LogP contribution in [-0.2, 0) is 10.0 Å². The lowest BCUT2D eigenvalue weighted by Crippen LogP contribution is -2.24. The molecule has 0 radical (unpaired) electrons. The van der Waals surface area contributed by atoms with Gasteiger partial charge in [0.25, 0.3) is 5.91 Å². The average molecular weight is 369 g/mol. The van der Waals surface area contributed by atoms with Crippen molar-refractivity contribution in [3.05, 3.63) is 54.2 Å². The number of benzene rings is 2. The predicted octanol–water partition coefficient (Wildman–Crippen LogP) is 2.01. The van der Waals surface area contributed by atoms with Gasteiger partial charge in [0.2, 0.25) is 10.0 Å². The van der Waals surface area contributed by atoms with Crippen molar-refractivity contribution < 1.29 is 13.2 Å². The molecule has 3 rings (SSSR count). The summed E-state index contributed by atoms with van der Waals surface area (Å²) in [5.74, 6) is -0.353. The molecule has 0 unspecified atom stereocenters. The van der Waals surface area contributed by atoms with E-state index >= 15 is 0 Å². The van der Waals surface area contributed by atoms with Gasteiger partial charge in [-0.1, -0.05) is 0 Å². The third kappa shape index (κ3) is 3.88. The first-order valence-electron chi connectivity index (χ1n) is 7.71. The number of nitriles is 1. The number of rotatable bonds is 6. The smallest absolute Gasteiger partial charge is 0.255 e. The fourth-order valence-corrected chi connectivity index (χ4v) is 3.37. The third-order valence-corrected chi connectivity index (χ3v) is 5.13. The van der Waals surface area contributed by atoms with Crippen LogP contribution in [0.25, 0.3) is 10.9 Å². The molecule has 3 aromatic rings. The highest BCUT2D eigenvalue weighted by atomic mass is 32.2. The van der Waals surface area contributed by atoms with Crippen LogP contribution in [0.5, 0.6) is 0 Å². The second kappa shape index (κ2) is 7.35. The Bertz CT molecular complexity index is 1080. The number of aromatic nitrogens is 2. The van der Waals surface area contributed by atoms with E-state index in [1.807, 2.05) is 6.07 Å². The maximum atomic E-state index is 12.3. The summed E-state index contributed by atoms with van der Waals surface area (Å²) in [6, 6.07) is 12.8. The van der Waals surface area contributed by atoms with Crippen molar-refractivity contribution in [1.82, 2.24) is 14.9 Å². The normalized spacial score (nSPS) is 11.2. The van der Waals surface area contributed by atoms with E-state index in [0.29, 0.717) is 11.3 Å². The Labute approximate surface area is 149 Å². The van der Waals surface area contributed by atoms with E-state index in [0.717, 1.165) is 10.9 Å². The van der Waals surface area contributed by atoms with Crippen LogP contribution in [0.3, 0.4) is 0 Å². The first-order chi connectivity index (χ1) is 12.5. The Hall–Kier alpha value is -3.22. The van der Waals surface area contributed by atoms with E-state index < -0.39 is 10.0 Å². The second-order valence-corrected chi connectivity index (χ2v) is 7.22. The van der Waals surface area contributed by atoms with Gasteiger partial charge in [-0.3, -0.25) is 9.89 Å². The van der Waals surface area contributed by atoms with Crippen molar-refractivity contribution in [3.63, 3.8) is 0 Å². The van der Waals surface area contributed by atoms with Gasteiger partial charge in [0.15, 0.2) is 0 Å². The molecule has 0 spiro atoms. The minimum Gasteiger partial charge on any atom is -0.322 e. The van der Waals surface area contributed by atoms with E-state index in [-0.39, 0.29) is 23.8 Å². The van der Waals surface area contributed by atoms with Gasteiger partial charge in [0.05, 0.1) is 22.7 Å². The summed E-state index contributed by atoms with van der Waals surface area (Å²) < 4.78 is 26.4. The van der Waals surface area contributed by atoms with Gasteiger partial charge in [-0.2, -0.15) is 10.4 Å². The van der Waals surface area contributed by atoms with E-state index in [9.17, 15) is 13.2 Å². The van der Waals surface area contributed by atoms with Gasteiger partial charge in [-0.15, -0.1) is 0 Å². The quantitative estimate of drug-likeness (QED) is 0.573. The Morgan fingerprint density at radius 2 is 1.96 bits per heavy atom. The molecule has 0 saturated carbocycles. The molecule has 1 heterocycles. The van der Waals surface area contributed by atoms with Crippen LogP contribution in [0.4, 0.5) is 5.69 Å². The minimum atomic E-state index is -3.70. The lowest BCUT2D eigenvalue weighted by molar-refractivity contribution is 0.102. The lowest BCUT2D eigenvalue weighted by Gasteiger charge is -2.08. The molecule has 0 fully saturated rings. The van der Waals surface area contributed by atoms with Crippen LogP contribution in [-0.4, -0.2) is 31.1 Å². The first kappa shape index (κ1) is 17.6. The van der Waals surface area contributed by atoms with Crippen molar-refractivity contribution in [3.8, 4) is 6.07 Å². The largest absolute Gasteiger partial charge is 0.322 e. The molecule has 0 atom stereocenters. The lowest BCUT2D eigenvalue weighted by atomic mass is 10.2. The predicted molar refractivity (Wildman–Crippen MR) is 95.9 cm³/mol. The number of H-pyrrole nitrogens is 1. The number of aromatic amines is 1. The highest BCUT2D eigenvalue weighted by molar-refractivity contribution is 7.89. The first-order valence-corrected chi connectivity index (χ1v) is 9.19. The van der Waals surface area contributed by atoms with Crippen molar-refractivity contribution in [2.24, 2.45) is 0 Å². The van der Waals surface area contributed by atoms with E-state index in [2.05, 4.69) is 20.2 Å². The van der Waals surface area contributed by atoms with Crippen molar-refractivity contribution in [1.29, 1.82) is 5.26 Å². The van der Waals surface area contributed by atoms with Gasteiger partial charge < -0.3 is 5.32 Å². The fourth-order valence-electron chi connectivity index (χ4n) is 2.33. The molecule has 2 aromatic carbocycles. The molecule has 3 N–H and O–H groups in total. The minimum absolute atomic E-state index is 0.0341. The van der Waals surface area contributed by atoms with E-state index in [4.69, 9.17) is 5.26 Å². The van der Waals surface area contributed by atoms with Gasteiger partial charge in [0, 0.05) is 29.6 Å². The number of sulfonamides is 1. The average Bonchev–Trinajstić information content (AvgIpc) is 3.10. The zero-order valence-electron chi connectivity index (χ0n) is 13.6. The Kier molecular flexibility index (Phi) is 4.97. The number of amides is 1. The van der Waals surface area contributed by atoms with Crippen LogP contribution in [0, 0.1) is 11.3 Å². The monoisotopic (exact) mass is 369 g/mol. The number of carbonyl (C=O) groups is 1. The van der Waals surface area contributed by atoms with Gasteiger partial charge in [-0.05, 0) is 42.5 Å². The summed E-state index contributed by atoms with van der Waals surface area (Å²) in [5.41, 5.74) is 1.80. The molecular formula is C17H15N5O3S. The fraction of sp³-hybridized carbons (Fsp3) is 0.118. The summed E-state index contributed by atoms with van der Waals surface area (Å²) in [6.07, 6.45) is 1.74. The van der Waals surface area contributed by atoms with Crippen LogP contribution in [0.15, 0.2) is 53.6 Å². The molecule has 8 nitrogen and oxygen atoms in total. The summed E-state index contributed by atoms with van der Waals surface area (Å²) in [4.78, 5) is 12.4. The summed E-state index contributed by atoms with van der Waals surface area (Å²) in [6.45, 7) is 0.0392. The molecule has 0 bridgehead atoms. The van der Waals surface area contributed by atoms with Crippen LogP contribution < -0.4 is 10.0 Å². The number of nitrogens with zero attached hydrogens (tertiary/aromatic N) is 2. The standard InChI is InChI=1S/C17H15N5O3S/c18-8-1-9-20-26(24,25)15-5-2-12(3-6-15)17(23)21-14-4-7-16-13(10-14)11-19-22-16/h2-7,10-11,20H,1,9H2,(H,19,22)(H,21,23). The molecule has 0 aliphatic heterocycles. The molecule has 9 heteroatoms. The molecule has 0 saturated heterocycles. The van der Waals surface area contributed by atoms with E-state index in [1.54, 1.807) is 24.4 Å². The van der Waals surface area contributed by atoms with Gasteiger partial charge >= 0.3 is 0 Å². The van der Waals surface area contributed by atoms with E-state index in [1.165, 1.54) is 24.3 Å². The summed E-state index contributed by atoms with van der Waals surface area (Å²) in [7, 11) is -3.70. The zero-order valence-corrected chi connectivity index (χ0v) is 14.4. The maximum absolute atomic E-state index is 12.3. The Morgan fingerprint density at radius 1 is 1.19 bits per heavy atom. The molecule has 0 aliphatic rings. The molecule has 0 aliphatic carbocycles. The molecule has 132 valence electrons. The SMILES string of the molecule is N#CCCNS(=O)(=O)c1ccc(C(=O)Nc2ccc3[nH]ncc3c2)cc1. The Balaban J connectivity index is 1.71. The van der Waals surface area contributed by atoms with Crippen molar-refractivity contribution in [2.45, 2.75) is 11.3 Å². The summed E-state index contributed by atoms with van der Waals surface area (Å²) in [5, 5.41) is 18.8. The third-order valence-electron chi connectivity index (χ3n) is 3.65. The van der Waals surface area contributed by atoms with Crippen LogP contribution in [0.2, 0.25) is 0 Å². The maximum Gasteiger partial charge on any atom is 0.255 e. The van der Waals surface area contributed by atoms with Gasteiger partial charge in [-0.25, -0.2) is 13.1 Å².